The molecule has 0 heterocycles. The summed E-state index contributed by atoms with van der Waals surface area (Å²) in [5, 5.41) is 15.6. The minimum Gasteiger partial charge on any atom is -0.508 e. The predicted molar refractivity (Wildman–Crippen MR) is 113 cm³/mol. The smallest absolute Gasteiger partial charge is 0.217 e. The fourth-order valence-electron chi connectivity index (χ4n) is 3.61. The number of phenolic OH excluding ortho intramolecular Hbond substituents is 1. The first kappa shape index (κ1) is 17.8. The zero-order valence-corrected chi connectivity index (χ0v) is 15.6. The van der Waals surface area contributed by atoms with E-state index in [1.807, 2.05) is 72.8 Å². The van der Waals surface area contributed by atoms with E-state index in [0.29, 0.717) is 5.56 Å². The third-order valence-electron chi connectivity index (χ3n) is 4.94. The molecule has 0 aromatic heterocycles. The van der Waals surface area contributed by atoms with Gasteiger partial charge in [0.2, 0.25) is 5.91 Å². The molecule has 138 valence electrons. The molecule has 0 bridgehead atoms. The summed E-state index contributed by atoms with van der Waals surface area (Å²) in [5.41, 5.74) is 3.87. The predicted octanol–water partition coefficient (Wildman–Crippen LogP) is 5.44. The number of phenols is 1. The SMILES string of the molecule is CC(=O)NC(c1ccc(-c2ccccc2)cc1)c1c(O)ccc2ccccc12. The van der Waals surface area contributed by atoms with Crippen molar-refractivity contribution in [2.45, 2.75) is 13.0 Å². The quantitative estimate of drug-likeness (QED) is 0.505. The average Bonchev–Trinajstić information content (AvgIpc) is 2.73. The fraction of sp³-hybridized carbons (Fsp3) is 0.0800. The van der Waals surface area contributed by atoms with Crippen molar-refractivity contribution in [2.24, 2.45) is 0 Å². The summed E-state index contributed by atoms with van der Waals surface area (Å²) in [6, 6.07) is 29.3. The van der Waals surface area contributed by atoms with E-state index in [4.69, 9.17) is 0 Å². The number of carbonyl (C=O) groups excluding carboxylic acids is 1. The van der Waals surface area contributed by atoms with Crippen LogP contribution in [0.3, 0.4) is 0 Å². The van der Waals surface area contributed by atoms with Crippen molar-refractivity contribution in [1.82, 2.24) is 5.32 Å². The van der Waals surface area contributed by atoms with Gasteiger partial charge in [-0.25, -0.2) is 0 Å². The van der Waals surface area contributed by atoms with E-state index in [0.717, 1.165) is 27.5 Å². The van der Waals surface area contributed by atoms with E-state index in [2.05, 4.69) is 17.4 Å². The molecule has 0 aliphatic rings. The fourth-order valence-corrected chi connectivity index (χ4v) is 3.61. The van der Waals surface area contributed by atoms with E-state index in [1.165, 1.54) is 6.92 Å². The van der Waals surface area contributed by atoms with Crippen LogP contribution in [0.2, 0.25) is 0 Å². The van der Waals surface area contributed by atoms with Gasteiger partial charge in [-0.05, 0) is 33.5 Å². The van der Waals surface area contributed by atoms with Crippen LogP contribution in [0, 0.1) is 0 Å². The molecule has 0 saturated heterocycles. The molecule has 4 rings (SSSR count). The molecular formula is C25H21NO2. The molecule has 1 amide bonds. The van der Waals surface area contributed by atoms with Crippen LogP contribution < -0.4 is 5.32 Å². The molecule has 3 heteroatoms. The van der Waals surface area contributed by atoms with Crippen LogP contribution in [0.25, 0.3) is 21.9 Å². The van der Waals surface area contributed by atoms with Crippen LogP contribution in [0.5, 0.6) is 5.75 Å². The zero-order valence-electron chi connectivity index (χ0n) is 15.6. The third kappa shape index (κ3) is 3.47. The molecule has 1 unspecified atom stereocenters. The summed E-state index contributed by atoms with van der Waals surface area (Å²) in [6.45, 7) is 1.49. The van der Waals surface area contributed by atoms with Crippen molar-refractivity contribution in [1.29, 1.82) is 0 Å². The standard InChI is InChI=1S/C25H21NO2/c1-17(27)26-25(24-22-10-6-5-9-20(22)15-16-23(24)28)21-13-11-19(12-14-21)18-7-3-2-4-8-18/h2-16,25,28H,1H3,(H,26,27). The number of fused-ring (bicyclic) bond motifs is 1. The first-order chi connectivity index (χ1) is 13.6. The molecule has 0 radical (unpaired) electrons. The Labute approximate surface area is 164 Å². The van der Waals surface area contributed by atoms with Crippen LogP contribution in [0.1, 0.15) is 24.1 Å². The van der Waals surface area contributed by atoms with Crippen LogP contribution in [0.15, 0.2) is 91.0 Å². The van der Waals surface area contributed by atoms with Gasteiger partial charge in [-0.1, -0.05) is 84.9 Å². The second kappa shape index (κ2) is 7.57. The monoisotopic (exact) mass is 367 g/mol. The van der Waals surface area contributed by atoms with Gasteiger partial charge in [0.05, 0.1) is 6.04 Å². The summed E-state index contributed by atoms with van der Waals surface area (Å²) in [4.78, 5) is 11.9. The lowest BCUT2D eigenvalue weighted by Crippen LogP contribution is -2.27. The molecule has 2 N–H and O–H groups in total. The van der Waals surface area contributed by atoms with Crippen LogP contribution in [0.4, 0.5) is 0 Å². The lowest BCUT2D eigenvalue weighted by atomic mass is 9.91. The zero-order chi connectivity index (χ0) is 19.5. The third-order valence-corrected chi connectivity index (χ3v) is 4.94. The molecule has 0 aliphatic carbocycles. The van der Waals surface area contributed by atoms with Crippen molar-refractivity contribution in [2.75, 3.05) is 0 Å². The van der Waals surface area contributed by atoms with Crippen molar-refractivity contribution in [3.05, 3.63) is 102 Å². The number of aromatic hydroxyl groups is 1. The highest BCUT2D eigenvalue weighted by Gasteiger charge is 2.21. The molecule has 0 saturated carbocycles. The van der Waals surface area contributed by atoms with Gasteiger partial charge in [-0.2, -0.15) is 0 Å². The summed E-state index contributed by atoms with van der Waals surface area (Å²) in [7, 11) is 0. The van der Waals surface area contributed by atoms with E-state index in [1.54, 1.807) is 6.07 Å². The number of carbonyl (C=O) groups is 1. The van der Waals surface area contributed by atoms with E-state index < -0.39 is 6.04 Å². The number of hydrogen-bond acceptors (Lipinski definition) is 2. The maximum absolute atomic E-state index is 11.9. The lowest BCUT2D eigenvalue weighted by molar-refractivity contribution is -0.119. The largest absolute Gasteiger partial charge is 0.508 e. The highest BCUT2D eigenvalue weighted by molar-refractivity contribution is 5.89. The molecule has 0 spiro atoms. The van der Waals surface area contributed by atoms with Crippen LogP contribution >= 0.6 is 0 Å². The number of benzene rings is 4. The number of nitrogens with one attached hydrogen (secondary N) is 1. The van der Waals surface area contributed by atoms with Crippen molar-refractivity contribution in [3.63, 3.8) is 0 Å². The molecule has 0 aliphatic heterocycles. The summed E-state index contributed by atoms with van der Waals surface area (Å²) < 4.78 is 0. The van der Waals surface area contributed by atoms with Crippen molar-refractivity contribution in [3.8, 4) is 16.9 Å². The first-order valence-corrected chi connectivity index (χ1v) is 9.26. The maximum Gasteiger partial charge on any atom is 0.217 e. The molecule has 1 atom stereocenters. The highest BCUT2D eigenvalue weighted by Crippen LogP contribution is 2.36. The van der Waals surface area contributed by atoms with Crippen LogP contribution in [-0.4, -0.2) is 11.0 Å². The van der Waals surface area contributed by atoms with Gasteiger partial charge in [-0.15, -0.1) is 0 Å². The molecule has 4 aromatic rings. The topological polar surface area (TPSA) is 49.3 Å². The number of amides is 1. The van der Waals surface area contributed by atoms with Crippen molar-refractivity contribution < 1.29 is 9.90 Å². The minimum atomic E-state index is -0.437. The molecule has 3 nitrogen and oxygen atoms in total. The lowest BCUT2D eigenvalue weighted by Gasteiger charge is -2.22. The van der Waals surface area contributed by atoms with Gasteiger partial charge in [0.25, 0.3) is 0 Å². The second-order valence-electron chi connectivity index (χ2n) is 6.84. The average molecular weight is 367 g/mol. The summed E-state index contributed by atoms with van der Waals surface area (Å²) in [6.07, 6.45) is 0. The normalized spacial score (nSPS) is 11.9. The van der Waals surface area contributed by atoms with Gasteiger partial charge >= 0.3 is 0 Å². The molecule has 0 fully saturated rings. The number of rotatable bonds is 4. The summed E-state index contributed by atoms with van der Waals surface area (Å²) >= 11 is 0. The van der Waals surface area contributed by atoms with Crippen molar-refractivity contribution >= 4 is 16.7 Å². The Kier molecular flexibility index (Phi) is 4.81. The molecule has 28 heavy (non-hydrogen) atoms. The van der Waals surface area contributed by atoms with Gasteiger partial charge < -0.3 is 10.4 Å². The second-order valence-corrected chi connectivity index (χ2v) is 6.84. The minimum absolute atomic E-state index is 0.149. The highest BCUT2D eigenvalue weighted by atomic mass is 16.3. The van der Waals surface area contributed by atoms with E-state index in [9.17, 15) is 9.90 Å². The summed E-state index contributed by atoms with van der Waals surface area (Å²) in [5.74, 6) is 0.0223. The maximum atomic E-state index is 11.9. The molecule has 4 aromatic carbocycles. The van der Waals surface area contributed by atoms with Gasteiger partial charge in [0, 0.05) is 12.5 Å². The van der Waals surface area contributed by atoms with Gasteiger partial charge in [0.15, 0.2) is 0 Å². The Morgan fingerprint density at radius 1 is 0.786 bits per heavy atom. The Bertz CT molecular complexity index is 1120. The number of hydrogen-bond donors (Lipinski definition) is 2. The van der Waals surface area contributed by atoms with Crippen LogP contribution in [-0.2, 0) is 4.79 Å². The molecular weight excluding hydrogens is 346 g/mol. The Balaban J connectivity index is 1.82. The van der Waals surface area contributed by atoms with Gasteiger partial charge in [-0.3, -0.25) is 4.79 Å². The Morgan fingerprint density at radius 2 is 1.43 bits per heavy atom. The Hall–Kier alpha value is -3.59. The van der Waals surface area contributed by atoms with E-state index >= 15 is 0 Å². The van der Waals surface area contributed by atoms with Gasteiger partial charge in [0.1, 0.15) is 5.75 Å². The first-order valence-electron chi connectivity index (χ1n) is 9.26. The van der Waals surface area contributed by atoms with E-state index in [-0.39, 0.29) is 11.7 Å². The Morgan fingerprint density at radius 3 is 2.14 bits per heavy atom.